The average molecular weight is 473 g/mol. The van der Waals surface area contributed by atoms with Crippen molar-refractivity contribution < 1.29 is 41.7 Å². The number of methoxy groups -OCH3 is 2. The molecule has 2 amide bonds. The minimum absolute atomic E-state index is 0.0212. The van der Waals surface area contributed by atoms with E-state index in [2.05, 4.69) is 25.0 Å². The zero-order valence-electron chi connectivity index (χ0n) is 17.3. The number of alkyl halides is 1. The van der Waals surface area contributed by atoms with Gasteiger partial charge in [0.25, 0.3) is 15.8 Å². The number of nitrogens with one attached hydrogen (secondary N) is 2. The highest BCUT2D eigenvalue weighted by molar-refractivity contribution is 7.90. The Labute approximate surface area is 182 Å². The predicted octanol–water partition coefficient (Wildman–Crippen LogP) is 0.465. The molecule has 2 rings (SSSR count). The Morgan fingerprint density at radius 2 is 1.81 bits per heavy atom. The molecule has 2 atom stereocenters. The van der Waals surface area contributed by atoms with Crippen LogP contribution in [0.5, 0.6) is 11.8 Å². The molecule has 2 aromatic rings. The predicted molar refractivity (Wildman–Crippen MR) is 105 cm³/mol. The second kappa shape index (κ2) is 9.69. The largest absolute Gasteiger partial charge is 0.481 e. The zero-order chi connectivity index (χ0) is 24.1. The number of esters is 1. The average Bonchev–Trinajstić information content (AvgIpc) is 2.72. The van der Waals surface area contributed by atoms with Crippen molar-refractivity contribution >= 4 is 28.0 Å². The fraction of sp³-hybridized carbons (Fsp3) is 0.353. The van der Waals surface area contributed by atoms with E-state index < -0.39 is 44.6 Å². The molecule has 0 fully saturated rings. The minimum atomic E-state index is -4.75. The second-order valence-corrected chi connectivity index (χ2v) is 7.74. The number of rotatable bonds is 8. The molecule has 32 heavy (non-hydrogen) atoms. The number of hydrogen-bond donors (Lipinski definition) is 3. The smallest absolute Gasteiger partial charge is 0.335 e. The second-order valence-electron chi connectivity index (χ2n) is 6.09. The van der Waals surface area contributed by atoms with Crippen LogP contribution >= 0.6 is 0 Å². The highest BCUT2D eigenvalue weighted by Gasteiger charge is 2.45. The number of urea groups is 1. The zero-order valence-corrected chi connectivity index (χ0v) is 18.1. The van der Waals surface area contributed by atoms with Crippen LogP contribution in [0.1, 0.15) is 19.5 Å². The normalized spacial score (nSPS) is 13.9. The van der Waals surface area contributed by atoms with Crippen molar-refractivity contribution in [3.63, 3.8) is 0 Å². The Bertz CT molecular complexity index is 1090. The third kappa shape index (κ3) is 5.55. The van der Waals surface area contributed by atoms with Gasteiger partial charge >= 0.3 is 12.0 Å². The number of hydrogen-bond acceptors (Lipinski definition) is 11. The van der Waals surface area contributed by atoms with Gasteiger partial charge in [0, 0.05) is 13.1 Å². The van der Waals surface area contributed by atoms with E-state index in [0.29, 0.717) is 0 Å². The van der Waals surface area contributed by atoms with E-state index in [1.165, 1.54) is 20.3 Å². The lowest BCUT2D eigenvalue weighted by molar-refractivity contribution is -0.240. The SMILES string of the molecule is COc1cc(OC)nc(NC(=O)NS(=O)(=O)c2cccnc2C(O)(OC(C)=O)C(C)F)n1. The molecular formula is C17H20FN5O8S. The van der Waals surface area contributed by atoms with E-state index in [4.69, 9.17) is 9.47 Å². The number of halogens is 1. The van der Waals surface area contributed by atoms with E-state index in [1.807, 2.05) is 0 Å². The van der Waals surface area contributed by atoms with Crippen molar-refractivity contribution in [2.24, 2.45) is 0 Å². The summed E-state index contributed by atoms with van der Waals surface area (Å²) in [5.74, 6) is -4.44. The van der Waals surface area contributed by atoms with Gasteiger partial charge in [-0.2, -0.15) is 9.97 Å². The number of aliphatic hydroxyl groups is 1. The first-order valence-electron chi connectivity index (χ1n) is 8.75. The Kier molecular flexibility index (Phi) is 7.48. The Balaban J connectivity index is 2.37. The minimum Gasteiger partial charge on any atom is -0.481 e. The van der Waals surface area contributed by atoms with Gasteiger partial charge in [-0.05, 0) is 19.1 Å². The van der Waals surface area contributed by atoms with Crippen molar-refractivity contribution in [3.8, 4) is 11.8 Å². The van der Waals surface area contributed by atoms with E-state index in [9.17, 15) is 27.5 Å². The van der Waals surface area contributed by atoms with Gasteiger partial charge in [0.1, 0.15) is 10.6 Å². The third-order valence-electron chi connectivity index (χ3n) is 3.79. The Hall–Kier alpha value is -3.59. The lowest BCUT2D eigenvalue weighted by atomic mass is 10.1. The van der Waals surface area contributed by atoms with Gasteiger partial charge in [0.15, 0.2) is 6.17 Å². The molecule has 2 heterocycles. The molecule has 0 aliphatic rings. The fourth-order valence-electron chi connectivity index (χ4n) is 2.39. The fourth-order valence-corrected chi connectivity index (χ4v) is 3.50. The third-order valence-corrected chi connectivity index (χ3v) is 5.15. The Morgan fingerprint density at radius 3 is 2.31 bits per heavy atom. The monoisotopic (exact) mass is 473 g/mol. The van der Waals surface area contributed by atoms with Gasteiger partial charge in [-0.1, -0.05) is 0 Å². The molecule has 0 aliphatic carbocycles. The van der Waals surface area contributed by atoms with Crippen LogP contribution in [0.25, 0.3) is 0 Å². The molecular weight excluding hydrogens is 453 g/mol. The van der Waals surface area contributed by atoms with Crippen molar-refractivity contribution in [2.75, 3.05) is 19.5 Å². The van der Waals surface area contributed by atoms with Crippen LogP contribution in [0.15, 0.2) is 29.3 Å². The number of amides is 2. The number of ether oxygens (including phenoxy) is 3. The van der Waals surface area contributed by atoms with Crippen LogP contribution in [0.4, 0.5) is 15.1 Å². The standard InChI is InChI=1S/C17H20FN5O8S/c1-9(18)17(26,31-10(2)24)14-11(6-5-7-19-14)32(27,28)23-16(25)22-15-20-12(29-3)8-13(21-15)30-4/h5-9,26H,1-4H3,(H2,20,21,22,23,25). The van der Waals surface area contributed by atoms with E-state index in [-0.39, 0.29) is 17.7 Å². The van der Waals surface area contributed by atoms with Gasteiger partial charge < -0.3 is 19.3 Å². The number of pyridine rings is 1. The van der Waals surface area contributed by atoms with Crippen LogP contribution in [-0.2, 0) is 25.3 Å². The lowest BCUT2D eigenvalue weighted by Crippen LogP contribution is -2.43. The van der Waals surface area contributed by atoms with Gasteiger partial charge in [-0.25, -0.2) is 22.3 Å². The van der Waals surface area contributed by atoms with Crippen molar-refractivity contribution in [2.45, 2.75) is 30.7 Å². The van der Waals surface area contributed by atoms with Crippen molar-refractivity contribution in [1.82, 2.24) is 19.7 Å². The van der Waals surface area contributed by atoms with Gasteiger partial charge in [0.05, 0.1) is 20.3 Å². The maximum atomic E-state index is 14.2. The van der Waals surface area contributed by atoms with E-state index in [1.54, 1.807) is 4.72 Å². The number of sulfonamides is 1. The molecule has 0 radical (unpaired) electrons. The quantitative estimate of drug-likeness (QED) is 0.358. The van der Waals surface area contributed by atoms with Gasteiger partial charge in [-0.15, -0.1) is 0 Å². The molecule has 0 spiro atoms. The summed E-state index contributed by atoms with van der Waals surface area (Å²) in [6.07, 6.45) is -1.23. The Morgan fingerprint density at radius 1 is 1.22 bits per heavy atom. The number of nitrogens with zero attached hydrogens (tertiary/aromatic N) is 3. The molecule has 3 N–H and O–H groups in total. The number of aromatic nitrogens is 3. The van der Waals surface area contributed by atoms with Crippen molar-refractivity contribution in [1.29, 1.82) is 0 Å². The van der Waals surface area contributed by atoms with Gasteiger partial charge in [-0.3, -0.25) is 15.1 Å². The van der Waals surface area contributed by atoms with E-state index >= 15 is 0 Å². The molecule has 2 aromatic heterocycles. The highest BCUT2D eigenvalue weighted by Crippen LogP contribution is 2.32. The van der Waals surface area contributed by atoms with Crippen LogP contribution in [0.2, 0.25) is 0 Å². The van der Waals surface area contributed by atoms with Crippen LogP contribution in [0, 0.1) is 0 Å². The summed E-state index contributed by atoms with van der Waals surface area (Å²) in [7, 11) is -2.15. The van der Waals surface area contributed by atoms with Crippen LogP contribution < -0.4 is 19.5 Å². The molecule has 174 valence electrons. The summed E-state index contributed by atoms with van der Waals surface area (Å²) in [5.41, 5.74) is -0.843. The number of anilines is 1. The molecule has 15 heteroatoms. The number of carbonyl (C=O) groups is 2. The maximum Gasteiger partial charge on any atom is 0.335 e. The summed E-state index contributed by atoms with van der Waals surface area (Å²) in [5, 5.41) is 12.6. The molecule has 0 aromatic carbocycles. The first kappa shape index (κ1) is 24.7. The first-order chi connectivity index (χ1) is 14.9. The molecule has 0 aliphatic heterocycles. The summed E-state index contributed by atoms with van der Waals surface area (Å²) in [4.78, 5) is 34.1. The first-order valence-corrected chi connectivity index (χ1v) is 10.2. The number of carbonyl (C=O) groups excluding carboxylic acids is 2. The summed E-state index contributed by atoms with van der Waals surface area (Å²) < 4.78 is 55.8. The summed E-state index contributed by atoms with van der Waals surface area (Å²) in [6, 6.07) is 2.10. The summed E-state index contributed by atoms with van der Waals surface area (Å²) in [6.45, 7) is 1.72. The molecule has 0 saturated carbocycles. The van der Waals surface area contributed by atoms with Gasteiger partial charge in [0.2, 0.25) is 17.7 Å². The molecule has 0 saturated heterocycles. The lowest BCUT2D eigenvalue weighted by Gasteiger charge is -2.29. The highest BCUT2D eigenvalue weighted by atomic mass is 32.2. The van der Waals surface area contributed by atoms with E-state index in [0.717, 1.165) is 32.2 Å². The topological polar surface area (TPSA) is 179 Å². The molecule has 2 unspecified atom stereocenters. The van der Waals surface area contributed by atoms with Crippen molar-refractivity contribution in [3.05, 3.63) is 30.1 Å². The van der Waals surface area contributed by atoms with Crippen LogP contribution in [-0.4, -0.2) is 60.9 Å². The van der Waals surface area contributed by atoms with Crippen LogP contribution in [0.3, 0.4) is 0 Å². The summed E-state index contributed by atoms with van der Waals surface area (Å²) >= 11 is 0. The molecule has 0 bridgehead atoms. The molecule has 13 nitrogen and oxygen atoms in total. The maximum absolute atomic E-state index is 14.2.